The number of halogens is 1. The Labute approximate surface area is 98.7 Å². The third kappa shape index (κ3) is 2.10. The average Bonchev–Trinajstić information content (AvgIpc) is 2.65. The van der Waals surface area contributed by atoms with Gasteiger partial charge in [0.25, 0.3) is 0 Å². The molecule has 0 saturated heterocycles. The van der Waals surface area contributed by atoms with E-state index in [2.05, 4.69) is 26.1 Å². The first-order valence-electron chi connectivity index (χ1n) is 4.07. The number of benzene rings is 1. The molecule has 0 aliphatic rings. The van der Waals surface area contributed by atoms with Gasteiger partial charge in [-0.05, 0) is 34.1 Å². The number of rotatable bonds is 2. The van der Waals surface area contributed by atoms with Gasteiger partial charge in [-0.25, -0.2) is 0 Å². The molecule has 15 heavy (non-hydrogen) atoms. The van der Waals surface area contributed by atoms with Crippen LogP contribution in [-0.4, -0.2) is 22.4 Å². The monoisotopic (exact) mass is 286 g/mol. The summed E-state index contributed by atoms with van der Waals surface area (Å²) < 4.78 is 5.75. The number of methoxy groups -OCH3 is 1. The first-order valence-corrected chi connectivity index (χ1v) is 5.68. The van der Waals surface area contributed by atoms with E-state index in [1.807, 2.05) is 0 Å². The minimum Gasteiger partial charge on any atom is -0.507 e. The van der Waals surface area contributed by atoms with Crippen LogP contribution in [0.25, 0.3) is 10.6 Å². The van der Waals surface area contributed by atoms with Crippen molar-refractivity contribution < 1.29 is 9.84 Å². The van der Waals surface area contributed by atoms with Gasteiger partial charge in [0.2, 0.25) is 0 Å². The van der Waals surface area contributed by atoms with Crippen molar-refractivity contribution in [2.75, 3.05) is 7.11 Å². The van der Waals surface area contributed by atoms with Gasteiger partial charge >= 0.3 is 0 Å². The van der Waals surface area contributed by atoms with E-state index in [0.29, 0.717) is 20.2 Å². The van der Waals surface area contributed by atoms with E-state index >= 15 is 0 Å². The molecule has 2 rings (SSSR count). The molecule has 0 saturated carbocycles. The SMILES string of the molecule is COc1ccc(O)c(-c2nnc(Br)s2)c1. The van der Waals surface area contributed by atoms with Gasteiger partial charge in [-0.3, -0.25) is 0 Å². The number of ether oxygens (including phenoxy) is 1. The maximum atomic E-state index is 9.66. The van der Waals surface area contributed by atoms with Crippen LogP contribution in [0.3, 0.4) is 0 Å². The standard InChI is InChI=1S/C9H7BrN2O2S/c1-14-5-2-3-7(13)6(4-5)8-11-12-9(10)15-8/h2-4,13H,1H3. The van der Waals surface area contributed by atoms with Gasteiger partial charge in [-0.1, -0.05) is 11.3 Å². The fraction of sp³-hybridized carbons (Fsp3) is 0.111. The highest BCUT2D eigenvalue weighted by molar-refractivity contribution is 9.11. The topological polar surface area (TPSA) is 55.2 Å². The summed E-state index contributed by atoms with van der Waals surface area (Å²) in [7, 11) is 1.58. The Kier molecular flexibility index (Phi) is 2.88. The number of phenolic OH excluding ortho intramolecular Hbond substituents is 1. The number of hydrogen-bond acceptors (Lipinski definition) is 5. The second-order valence-electron chi connectivity index (χ2n) is 2.74. The second kappa shape index (κ2) is 4.16. The van der Waals surface area contributed by atoms with Crippen LogP contribution in [0, 0.1) is 0 Å². The summed E-state index contributed by atoms with van der Waals surface area (Å²) >= 11 is 4.57. The predicted molar refractivity (Wildman–Crippen MR) is 61.3 cm³/mol. The largest absolute Gasteiger partial charge is 0.507 e. The van der Waals surface area contributed by atoms with Crippen LogP contribution in [0.5, 0.6) is 11.5 Å². The molecule has 1 heterocycles. The van der Waals surface area contributed by atoms with E-state index in [4.69, 9.17) is 4.74 Å². The summed E-state index contributed by atoms with van der Waals surface area (Å²) in [5, 5.41) is 18.1. The lowest BCUT2D eigenvalue weighted by atomic mass is 10.2. The highest BCUT2D eigenvalue weighted by Crippen LogP contribution is 2.35. The van der Waals surface area contributed by atoms with Gasteiger partial charge in [-0.15, -0.1) is 10.2 Å². The number of nitrogens with zero attached hydrogens (tertiary/aromatic N) is 2. The van der Waals surface area contributed by atoms with Crippen LogP contribution in [0.4, 0.5) is 0 Å². The van der Waals surface area contributed by atoms with E-state index in [1.54, 1.807) is 25.3 Å². The lowest BCUT2D eigenvalue weighted by Crippen LogP contribution is -1.84. The summed E-state index contributed by atoms with van der Waals surface area (Å²) in [6, 6.07) is 4.99. The molecule has 1 aromatic heterocycles. The van der Waals surface area contributed by atoms with Gasteiger partial charge in [-0.2, -0.15) is 0 Å². The fourth-order valence-corrected chi connectivity index (χ4v) is 2.26. The first-order chi connectivity index (χ1) is 7.20. The molecule has 0 unspecified atom stereocenters. The Morgan fingerprint density at radius 3 is 2.80 bits per heavy atom. The number of aromatic hydroxyl groups is 1. The number of phenols is 1. The van der Waals surface area contributed by atoms with E-state index in [-0.39, 0.29) is 5.75 Å². The van der Waals surface area contributed by atoms with Gasteiger partial charge in [0.15, 0.2) is 8.92 Å². The first kappa shape index (κ1) is 10.4. The molecule has 0 amide bonds. The maximum Gasteiger partial charge on any atom is 0.183 e. The fourth-order valence-electron chi connectivity index (χ4n) is 1.13. The molecule has 1 N–H and O–H groups in total. The van der Waals surface area contributed by atoms with E-state index in [0.717, 1.165) is 0 Å². The molecule has 0 atom stereocenters. The zero-order valence-corrected chi connectivity index (χ0v) is 10.2. The molecule has 4 nitrogen and oxygen atoms in total. The van der Waals surface area contributed by atoms with E-state index in [9.17, 15) is 5.11 Å². The smallest absolute Gasteiger partial charge is 0.183 e. The highest BCUT2D eigenvalue weighted by atomic mass is 79.9. The third-order valence-corrected chi connectivity index (χ3v) is 3.22. The minimum atomic E-state index is 0.166. The Balaban J connectivity index is 2.51. The van der Waals surface area contributed by atoms with Gasteiger partial charge in [0, 0.05) is 0 Å². The molecule has 6 heteroatoms. The molecule has 0 bridgehead atoms. The summed E-state index contributed by atoms with van der Waals surface area (Å²) in [4.78, 5) is 0. The molecule has 0 aliphatic heterocycles. The zero-order chi connectivity index (χ0) is 10.8. The van der Waals surface area contributed by atoms with Crippen LogP contribution in [0.2, 0.25) is 0 Å². The average molecular weight is 287 g/mol. The van der Waals surface area contributed by atoms with Crippen molar-refractivity contribution in [3.05, 3.63) is 22.1 Å². The van der Waals surface area contributed by atoms with Crippen LogP contribution in [-0.2, 0) is 0 Å². The minimum absolute atomic E-state index is 0.166. The van der Waals surface area contributed by atoms with Crippen LogP contribution in [0.1, 0.15) is 0 Å². The van der Waals surface area contributed by atoms with E-state index < -0.39 is 0 Å². The molecule has 0 aliphatic carbocycles. The van der Waals surface area contributed by atoms with Crippen LogP contribution >= 0.6 is 27.3 Å². The normalized spacial score (nSPS) is 10.3. The van der Waals surface area contributed by atoms with E-state index in [1.165, 1.54) is 11.3 Å². The maximum absolute atomic E-state index is 9.66. The quantitative estimate of drug-likeness (QED) is 0.922. The van der Waals surface area contributed by atoms with Crippen molar-refractivity contribution in [1.29, 1.82) is 0 Å². The van der Waals surface area contributed by atoms with Crippen molar-refractivity contribution in [3.8, 4) is 22.1 Å². The molecule has 0 radical (unpaired) electrons. The van der Waals surface area contributed by atoms with Gasteiger partial charge < -0.3 is 9.84 Å². The van der Waals surface area contributed by atoms with Crippen LogP contribution in [0.15, 0.2) is 22.1 Å². The molecule has 2 aromatic rings. The zero-order valence-electron chi connectivity index (χ0n) is 7.77. The van der Waals surface area contributed by atoms with Crippen molar-refractivity contribution in [1.82, 2.24) is 10.2 Å². The van der Waals surface area contributed by atoms with Crippen molar-refractivity contribution in [2.24, 2.45) is 0 Å². The molecular formula is C9H7BrN2O2S. The van der Waals surface area contributed by atoms with Crippen molar-refractivity contribution in [3.63, 3.8) is 0 Å². The molecular weight excluding hydrogens is 280 g/mol. The summed E-state index contributed by atoms with van der Waals surface area (Å²) in [6.45, 7) is 0. The lowest BCUT2D eigenvalue weighted by molar-refractivity contribution is 0.412. The highest BCUT2D eigenvalue weighted by Gasteiger charge is 2.10. The molecule has 0 fully saturated rings. The lowest BCUT2D eigenvalue weighted by Gasteiger charge is -2.03. The number of hydrogen-bond donors (Lipinski definition) is 1. The summed E-state index contributed by atoms with van der Waals surface area (Å²) in [5.41, 5.74) is 0.623. The molecule has 78 valence electrons. The second-order valence-corrected chi connectivity index (χ2v) is 5.00. The summed E-state index contributed by atoms with van der Waals surface area (Å²) in [5.74, 6) is 0.841. The predicted octanol–water partition coefficient (Wildman–Crippen LogP) is 2.68. The Morgan fingerprint density at radius 1 is 1.40 bits per heavy atom. The Hall–Kier alpha value is -1.14. The molecule has 1 aromatic carbocycles. The van der Waals surface area contributed by atoms with Crippen molar-refractivity contribution in [2.45, 2.75) is 0 Å². The summed E-state index contributed by atoms with van der Waals surface area (Å²) in [6.07, 6.45) is 0. The Bertz CT molecular complexity index is 487. The Morgan fingerprint density at radius 2 is 2.20 bits per heavy atom. The molecule has 0 spiro atoms. The number of aromatic nitrogens is 2. The van der Waals surface area contributed by atoms with Gasteiger partial charge in [0.05, 0.1) is 12.7 Å². The van der Waals surface area contributed by atoms with Crippen molar-refractivity contribution >= 4 is 27.3 Å². The van der Waals surface area contributed by atoms with Gasteiger partial charge in [0.1, 0.15) is 11.5 Å². The van der Waals surface area contributed by atoms with Crippen LogP contribution < -0.4 is 4.74 Å². The third-order valence-electron chi connectivity index (χ3n) is 1.83.